The number of thioether (sulfide) groups is 1. The molecular weight excluding hydrogens is 256 g/mol. The van der Waals surface area contributed by atoms with E-state index in [1.807, 2.05) is 26.1 Å². The summed E-state index contributed by atoms with van der Waals surface area (Å²) in [5, 5.41) is 13.0. The number of hydrogen-bond donors (Lipinski definition) is 2. The highest BCUT2D eigenvalue weighted by Gasteiger charge is 2.16. The molecule has 1 aromatic heterocycles. The van der Waals surface area contributed by atoms with Crippen LogP contribution in [-0.4, -0.2) is 15.6 Å². The predicted octanol–water partition coefficient (Wildman–Crippen LogP) is 2.61. The second-order valence-corrected chi connectivity index (χ2v) is 5.48. The van der Waals surface area contributed by atoms with E-state index >= 15 is 0 Å². The smallest absolute Gasteiger partial charge is 0.127 e. The monoisotopic (exact) mass is 274 g/mol. The van der Waals surface area contributed by atoms with Gasteiger partial charge in [-0.05, 0) is 25.0 Å². The van der Waals surface area contributed by atoms with Crippen LogP contribution in [0.3, 0.4) is 0 Å². The summed E-state index contributed by atoms with van der Waals surface area (Å²) in [6.45, 7) is 3.99. The molecule has 0 amide bonds. The zero-order chi connectivity index (χ0) is 14.0. The van der Waals surface area contributed by atoms with Gasteiger partial charge in [-0.15, -0.1) is 11.8 Å². The largest absolute Gasteiger partial charge is 0.384 e. The van der Waals surface area contributed by atoms with Crippen molar-refractivity contribution in [2.45, 2.75) is 24.6 Å². The molecular formula is C14H18N4S. The van der Waals surface area contributed by atoms with Crippen LogP contribution in [0.2, 0.25) is 0 Å². The summed E-state index contributed by atoms with van der Waals surface area (Å²) in [5.41, 5.74) is 9.77. The average Bonchev–Trinajstić information content (AvgIpc) is 2.63. The van der Waals surface area contributed by atoms with Crippen LogP contribution in [0.25, 0.3) is 0 Å². The Bertz CT molecular complexity index is 616. The summed E-state index contributed by atoms with van der Waals surface area (Å²) in [6.07, 6.45) is 0. The fraction of sp³-hybridized carbons (Fsp3) is 0.286. The summed E-state index contributed by atoms with van der Waals surface area (Å²) in [7, 11) is 1.89. The second kappa shape index (κ2) is 5.48. The molecule has 2 aromatic rings. The molecule has 0 unspecified atom stereocenters. The molecule has 3 N–H and O–H groups in total. The number of nitrogens with zero attached hydrogens (tertiary/aromatic N) is 2. The van der Waals surface area contributed by atoms with Crippen molar-refractivity contribution in [1.82, 2.24) is 9.78 Å². The molecule has 2 rings (SSSR count). The normalized spacial score (nSPS) is 10.7. The van der Waals surface area contributed by atoms with E-state index in [2.05, 4.69) is 24.2 Å². The Morgan fingerprint density at radius 1 is 1.37 bits per heavy atom. The molecule has 1 aromatic carbocycles. The molecule has 1 heterocycles. The minimum atomic E-state index is 0.0814. The Hall–Kier alpha value is -1.75. The summed E-state index contributed by atoms with van der Waals surface area (Å²) >= 11 is 1.67. The van der Waals surface area contributed by atoms with E-state index in [0.717, 1.165) is 22.0 Å². The van der Waals surface area contributed by atoms with Crippen LogP contribution in [-0.2, 0) is 12.8 Å². The van der Waals surface area contributed by atoms with Crippen molar-refractivity contribution in [2.75, 3.05) is 0 Å². The van der Waals surface area contributed by atoms with Gasteiger partial charge in [-0.25, -0.2) is 0 Å². The van der Waals surface area contributed by atoms with Crippen LogP contribution in [0.5, 0.6) is 0 Å². The maximum Gasteiger partial charge on any atom is 0.127 e. The molecule has 0 saturated carbocycles. The fourth-order valence-electron chi connectivity index (χ4n) is 2.03. The van der Waals surface area contributed by atoms with Gasteiger partial charge in [0, 0.05) is 12.8 Å². The highest BCUT2D eigenvalue weighted by molar-refractivity contribution is 7.98. The highest BCUT2D eigenvalue weighted by Crippen LogP contribution is 2.28. The van der Waals surface area contributed by atoms with Crippen molar-refractivity contribution >= 4 is 17.6 Å². The maximum absolute atomic E-state index is 7.67. The Morgan fingerprint density at radius 2 is 2.05 bits per heavy atom. The van der Waals surface area contributed by atoms with E-state index in [1.165, 1.54) is 11.1 Å². The number of aromatic nitrogens is 2. The van der Waals surface area contributed by atoms with Crippen LogP contribution in [0.15, 0.2) is 29.3 Å². The standard InChI is InChI=1S/C14H18N4S/c1-9-6-4-5-7-11(9)8-19-14-12(13(15)16)10(2)17-18(14)3/h4-7H,8H2,1-3H3,(H3,15,16). The lowest BCUT2D eigenvalue weighted by molar-refractivity contribution is 0.692. The first-order valence-corrected chi connectivity index (χ1v) is 7.04. The van der Waals surface area contributed by atoms with Crippen LogP contribution in [0, 0.1) is 19.3 Å². The maximum atomic E-state index is 7.67. The first-order chi connectivity index (χ1) is 9.00. The third-order valence-corrected chi connectivity index (χ3v) is 4.26. The number of nitrogens with one attached hydrogen (secondary N) is 1. The van der Waals surface area contributed by atoms with Gasteiger partial charge in [0.1, 0.15) is 10.9 Å². The number of hydrogen-bond acceptors (Lipinski definition) is 3. The summed E-state index contributed by atoms with van der Waals surface area (Å²) in [6, 6.07) is 8.32. The molecule has 0 spiro atoms. The molecule has 0 aliphatic carbocycles. The second-order valence-electron chi connectivity index (χ2n) is 4.52. The molecule has 0 atom stereocenters. The topological polar surface area (TPSA) is 67.7 Å². The Kier molecular flexibility index (Phi) is 3.95. The minimum Gasteiger partial charge on any atom is -0.384 e. The molecule has 0 bridgehead atoms. The first kappa shape index (κ1) is 13.7. The third-order valence-electron chi connectivity index (χ3n) is 3.06. The molecule has 100 valence electrons. The molecule has 4 nitrogen and oxygen atoms in total. The van der Waals surface area contributed by atoms with Gasteiger partial charge in [0.2, 0.25) is 0 Å². The summed E-state index contributed by atoms with van der Waals surface area (Å²) < 4.78 is 1.80. The van der Waals surface area contributed by atoms with Crippen molar-refractivity contribution < 1.29 is 0 Å². The summed E-state index contributed by atoms with van der Waals surface area (Å²) in [4.78, 5) is 0. The average molecular weight is 274 g/mol. The Labute approximate surface area is 117 Å². The van der Waals surface area contributed by atoms with Gasteiger partial charge < -0.3 is 5.73 Å². The van der Waals surface area contributed by atoms with Gasteiger partial charge in [-0.2, -0.15) is 5.10 Å². The van der Waals surface area contributed by atoms with Gasteiger partial charge in [-0.1, -0.05) is 24.3 Å². The number of benzene rings is 1. The van der Waals surface area contributed by atoms with Gasteiger partial charge in [0.05, 0.1) is 11.3 Å². The molecule has 0 aliphatic rings. The minimum absolute atomic E-state index is 0.0814. The summed E-state index contributed by atoms with van der Waals surface area (Å²) in [5.74, 6) is 0.934. The number of aryl methyl sites for hydroxylation is 3. The van der Waals surface area contributed by atoms with E-state index in [4.69, 9.17) is 11.1 Å². The molecule has 0 fully saturated rings. The number of rotatable bonds is 4. The lowest BCUT2D eigenvalue weighted by atomic mass is 10.1. The molecule has 0 aliphatic heterocycles. The van der Waals surface area contributed by atoms with E-state index in [0.29, 0.717) is 0 Å². The Balaban J connectivity index is 2.25. The highest BCUT2D eigenvalue weighted by atomic mass is 32.2. The number of nitrogens with two attached hydrogens (primary N) is 1. The molecule has 0 saturated heterocycles. The van der Waals surface area contributed by atoms with E-state index < -0.39 is 0 Å². The van der Waals surface area contributed by atoms with Crippen LogP contribution in [0.1, 0.15) is 22.4 Å². The molecule has 0 radical (unpaired) electrons. The van der Waals surface area contributed by atoms with Crippen molar-refractivity contribution in [1.29, 1.82) is 5.41 Å². The van der Waals surface area contributed by atoms with E-state index in [-0.39, 0.29) is 5.84 Å². The SMILES string of the molecule is Cc1ccccc1CSc1c(C(=N)N)c(C)nn1C. The first-order valence-electron chi connectivity index (χ1n) is 6.06. The van der Waals surface area contributed by atoms with Crippen molar-refractivity contribution in [3.8, 4) is 0 Å². The lowest BCUT2D eigenvalue weighted by Gasteiger charge is -2.07. The van der Waals surface area contributed by atoms with E-state index in [1.54, 1.807) is 16.4 Å². The van der Waals surface area contributed by atoms with Gasteiger partial charge in [0.15, 0.2) is 0 Å². The molecule has 5 heteroatoms. The molecule has 19 heavy (non-hydrogen) atoms. The van der Waals surface area contributed by atoms with E-state index in [9.17, 15) is 0 Å². The Morgan fingerprint density at radius 3 is 2.68 bits per heavy atom. The van der Waals surface area contributed by atoms with Gasteiger partial charge >= 0.3 is 0 Å². The van der Waals surface area contributed by atoms with Crippen LogP contribution in [0.4, 0.5) is 0 Å². The van der Waals surface area contributed by atoms with Crippen molar-refractivity contribution in [3.63, 3.8) is 0 Å². The van der Waals surface area contributed by atoms with Crippen LogP contribution >= 0.6 is 11.8 Å². The number of amidine groups is 1. The predicted molar refractivity (Wildman–Crippen MR) is 79.7 cm³/mol. The fourth-order valence-corrected chi connectivity index (χ4v) is 3.28. The van der Waals surface area contributed by atoms with Gasteiger partial charge in [-0.3, -0.25) is 10.1 Å². The van der Waals surface area contributed by atoms with Crippen LogP contribution < -0.4 is 5.73 Å². The van der Waals surface area contributed by atoms with Gasteiger partial charge in [0.25, 0.3) is 0 Å². The zero-order valence-corrected chi connectivity index (χ0v) is 12.2. The van der Waals surface area contributed by atoms with Crippen molar-refractivity contribution in [2.24, 2.45) is 12.8 Å². The van der Waals surface area contributed by atoms with Crippen molar-refractivity contribution in [3.05, 3.63) is 46.6 Å². The lowest BCUT2D eigenvalue weighted by Crippen LogP contribution is -2.13. The zero-order valence-electron chi connectivity index (χ0n) is 11.4. The third kappa shape index (κ3) is 2.81. The quantitative estimate of drug-likeness (QED) is 0.511. The number of nitrogen functional groups attached to an aromatic ring is 1.